The molecule has 0 atom stereocenters. The molecule has 0 aromatic carbocycles. The van der Waals surface area contributed by atoms with E-state index >= 15 is 0 Å². The van der Waals surface area contributed by atoms with E-state index in [4.69, 9.17) is 17.3 Å². The molecule has 2 aromatic rings. The lowest BCUT2D eigenvalue weighted by Gasteiger charge is -2.45. The molecule has 1 fully saturated rings. The second-order valence-electron chi connectivity index (χ2n) is 6.63. The van der Waals surface area contributed by atoms with Crippen LogP contribution in [-0.2, 0) is 0 Å². The first-order chi connectivity index (χ1) is 12.8. The van der Waals surface area contributed by atoms with Gasteiger partial charge in [-0.15, -0.1) is 0 Å². The number of amides is 1. The molecule has 4 rings (SSSR count). The number of nitrogens with two attached hydrogens (primary N) is 1. The van der Waals surface area contributed by atoms with Crippen molar-refractivity contribution < 1.29 is 9.18 Å². The van der Waals surface area contributed by atoms with E-state index in [0.29, 0.717) is 12.8 Å². The molecule has 2 aromatic heterocycles. The smallest absolute Gasteiger partial charge is 0.293 e. The Bertz CT molecular complexity index is 1000. The summed E-state index contributed by atoms with van der Waals surface area (Å²) in [7, 11) is 1.72. The summed E-state index contributed by atoms with van der Waals surface area (Å²) in [6, 6.07) is 1.27. The zero-order chi connectivity index (χ0) is 19.3. The topological polar surface area (TPSA) is 118 Å². The van der Waals surface area contributed by atoms with Gasteiger partial charge in [0.05, 0.1) is 5.02 Å². The Labute approximate surface area is 158 Å². The van der Waals surface area contributed by atoms with Crippen LogP contribution in [0.3, 0.4) is 0 Å². The van der Waals surface area contributed by atoms with Gasteiger partial charge in [0.2, 0.25) is 5.82 Å². The molecule has 1 saturated carbocycles. The van der Waals surface area contributed by atoms with Crippen LogP contribution in [0.15, 0.2) is 17.2 Å². The average Bonchev–Trinajstić information content (AvgIpc) is 3.09. The van der Waals surface area contributed by atoms with Crippen molar-refractivity contribution in [3.05, 3.63) is 39.3 Å². The maximum atomic E-state index is 14.1. The molecule has 1 amide bonds. The van der Waals surface area contributed by atoms with Crippen molar-refractivity contribution in [2.24, 2.45) is 0 Å². The van der Waals surface area contributed by atoms with Gasteiger partial charge in [-0.1, -0.05) is 11.6 Å². The van der Waals surface area contributed by atoms with Crippen molar-refractivity contribution in [2.75, 3.05) is 23.1 Å². The zero-order valence-corrected chi connectivity index (χ0v) is 15.2. The van der Waals surface area contributed by atoms with Crippen molar-refractivity contribution in [2.45, 2.75) is 31.3 Å². The van der Waals surface area contributed by atoms with E-state index in [1.54, 1.807) is 12.1 Å². The van der Waals surface area contributed by atoms with Crippen LogP contribution in [0.4, 0.5) is 21.7 Å². The number of nitrogens with one attached hydrogen (secondary N) is 2. The number of anilines is 3. The molecule has 0 saturated heterocycles. The van der Waals surface area contributed by atoms with Crippen molar-refractivity contribution in [1.29, 1.82) is 0 Å². The first-order valence-corrected chi connectivity index (χ1v) is 8.77. The molecule has 0 unspecified atom stereocenters. The molecule has 2 aliphatic rings. The highest BCUT2D eigenvalue weighted by molar-refractivity contribution is 6.34. The highest BCUT2D eigenvalue weighted by atomic mass is 35.5. The zero-order valence-electron chi connectivity index (χ0n) is 14.4. The van der Waals surface area contributed by atoms with Crippen molar-refractivity contribution in [1.82, 2.24) is 20.0 Å². The number of hydrogen-bond donors (Lipinski definition) is 3. The molecule has 27 heavy (non-hydrogen) atoms. The Morgan fingerprint density at radius 2 is 2.04 bits per heavy atom. The number of carbonyl (C=O) groups excluding carboxylic acids is 1. The third kappa shape index (κ3) is 2.59. The van der Waals surface area contributed by atoms with Crippen LogP contribution in [0.5, 0.6) is 0 Å². The minimum Gasteiger partial charge on any atom is -0.381 e. The second-order valence-corrected chi connectivity index (χ2v) is 7.04. The standard InChI is InChI=1S/C16H17ClFN7O2/c1-24-16(4-2-3-5-16)23-14(26)11-8(17)6-9(15(27)25(11)24)22-13-10(18)12(19)20-7-21-13/h6-7H,2-5H2,1H3,(H,23,26)(H3,19,20,21,22). The molecule has 1 aliphatic carbocycles. The summed E-state index contributed by atoms with van der Waals surface area (Å²) in [4.78, 5) is 33.0. The van der Waals surface area contributed by atoms with Crippen LogP contribution >= 0.6 is 11.6 Å². The van der Waals surface area contributed by atoms with E-state index in [1.165, 1.54) is 10.7 Å². The van der Waals surface area contributed by atoms with Gasteiger partial charge in [0.15, 0.2) is 11.6 Å². The highest BCUT2D eigenvalue weighted by Gasteiger charge is 2.45. The fraction of sp³-hybridized carbons (Fsp3) is 0.375. The maximum absolute atomic E-state index is 14.1. The Hall–Kier alpha value is -2.88. The minimum absolute atomic E-state index is 0.0320. The first kappa shape index (κ1) is 17.5. The molecule has 11 heteroatoms. The summed E-state index contributed by atoms with van der Waals surface area (Å²) >= 11 is 6.27. The third-order valence-electron chi connectivity index (χ3n) is 5.11. The van der Waals surface area contributed by atoms with Crippen LogP contribution in [-0.4, -0.2) is 33.3 Å². The molecule has 3 heterocycles. The minimum atomic E-state index is -0.880. The molecule has 4 N–H and O–H groups in total. The lowest BCUT2D eigenvalue weighted by Crippen LogP contribution is -2.68. The number of nitrogens with zero attached hydrogens (tertiary/aromatic N) is 4. The summed E-state index contributed by atoms with van der Waals surface area (Å²) in [6.07, 6.45) is 4.38. The monoisotopic (exact) mass is 393 g/mol. The van der Waals surface area contributed by atoms with Gasteiger partial charge in [0.1, 0.15) is 23.4 Å². The normalized spacial score (nSPS) is 17.7. The molecule has 142 valence electrons. The van der Waals surface area contributed by atoms with Crippen LogP contribution < -0.4 is 26.9 Å². The largest absolute Gasteiger partial charge is 0.381 e. The van der Waals surface area contributed by atoms with Crippen LogP contribution in [0, 0.1) is 5.82 Å². The van der Waals surface area contributed by atoms with Crippen molar-refractivity contribution in [3.8, 4) is 0 Å². The number of nitrogen functional groups attached to an aromatic ring is 1. The Morgan fingerprint density at radius 1 is 1.33 bits per heavy atom. The van der Waals surface area contributed by atoms with Crippen LogP contribution in [0.2, 0.25) is 5.02 Å². The fourth-order valence-electron chi connectivity index (χ4n) is 3.70. The first-order valence-electron chi connectivity index (χ1n) is 8.39. The van der Waals surface area contributed by atoms with Gasteiger partial charge < -0.3 is 16.4 Å². The van der Waals surface area contributed by atoms with Crippen molar-refractivity contribution >= 4 is 34.8 Å². The van der Waals surface area contributed by atoms with Crippen molar-refractivity contribution in [3.63, 3.8) is 0 Å². The van der Waals surface area contributed by atoms with E-state index in [9.17, 15) is 14.0 Å². The number of hydrogen-bond acceptors (Lipinski definition) is 7. The van der Waals surface area contributed by atoms with Crippen LogP contribution in [0.1, 0.15) is 36.2 Å². The Kier molecular flexibility index (Phi) is 3.95. The quantitative estimate of drug-likeness (QED) is 0.704. The number of halogens is 2. The van der Waals surface area contributed by atoms with Gasteiger partial charge in [-0.25, -0.2) is 14.6 Å². The number of fused-ring (bicyclic) bond motifs is 1. The third-order valence-corrected chi connectivity index (χ3v) is 5.40. The van der Waals surface area contributed by atoms with Gasteiger partial charge in [0, 0.05) is 7.05 Å². The lowest BCUT2D eigenvalue weighted by molar-refractivity contribution is 0.0830. The van der Waals surface area contributed by atoms with Crippen LogP contribution in [0.25, 0.3) is 0 Å². The van der Waals surface area contributed by atoms with E-state index in [2.05, 4.69) is 20.6 Å². The molecule has 1 spiro atoms. The summed E-state index contributed by atoms with van der Waals surface area (Å²) in [5.41, 5.74) is 4.26. The summed E-state index contributed by atoms with van der Waals surface area (Å²) < 4.78 is 15.3. The fourth-order valence-corrected chi connectivity index (χ4v) is 3.98. The summed E-state index contributed by atoms with van der Waals surface area (Å²) in [5, 5.41) is 7.33. The summed E-state index contributed by atoms with van der Waals surface area (Å²) in [5.74, 6) is -1.90. The number of pyridine rings is 1. The predicted molar refractivity (Wildman–Crippen MR) is 98.2 cm³/mol. The Balaban J connectivity index is 1.85. The van der Waals surface area contributed by atoms with E-state index in [-0.39, 0.29) is 28.0 Å². The molecule has 9 nitrogen and oxygen atoms in total. The predicted octanol–water partition coefficient (Wildman–Crippen LogP) is 1.34. The Morgan fingerprint density at radius 3 is 2.74 bits per heavy atom. The number of carbonyl (C=O) groups is 1. The van der Waals surface area contributed by atoms with Gasteiger partial charge in [0.25, 0.3) is 11.5 Å². The SMILES string of the molecule is CN1n2c(c(Cl)cc(Nc3ncnc(N)c3F)c2=O)C(=O)NC12CCCC2. The molecule has 0 bridgehead atoms. The highest BCUT2D eigenvalue weighted by Crippen LogP contribution is 2.35. The van der Waals surface area contributed by atoms with E-state index in [0.717, 1.165) is 19.2 Å². The summed E-state index contributed by atoms with van der Waals surface area (Å²) in [6.45, 7) is 0. The van der Waals surface area contributed by atoms with Gasteiger partial charge in [-0.2, -0.15) is 4.39 Å². The van der Waals surface area contributed by atoms with E-state index in [1.807, 2.05) is 0 Å². The molecule has 1 aliphatic heterocycles. The number of aromatic nitrogens is 3. The lowest BCUT2D eigenvalue weighted by atomic mass is 10.1. The van der Waals surface area contributed by atoms with Gasteiger partial charge in [-0.3, -0.25) is 14.6 Å². The molecular formula is C16H17ClFN7O2. The maximum Gasteiger partial charge on any atom is 0.293 e. The van der Waals surface area contributed by atoms with E-state index < -0.39 is 22.9 Å². The molecule has 0 radical (unpaired) electrons. The number of rotatable bonds is 2. The van der Waals surface area contributed by atoms with Gasteiger partial charge in [-0.05, 0) is 31.7 Å². The molecular weight excluding hydrogens is 377 g/mol. The second kappa shape index (κ2) is 6.08. The average molecular weight is 394 g/mol. The van der Waals surface area contributed by atoms with Gasteiger partial charge >= 0.3 is 0 Å².